The monoisotopic (exact) mass is 194 g/mol. The molecule has 0 aliphatic carbocycles. The van der Waals surface area contributed by atoms with E-state index in [9.17, 15) is 0 Å². The topological polar surface area (TPSA) is 0 Å². The van der Waals surface area contributed by atoms with Crippen molar-refractivity contribution in [3.63, 3.8) is 0 Å². The number of thiophene rings is 1. The molecule has 0 nitrogen and oxygen atoms in total. The van der Waals surface area contributed by atoms with Crippen molar-refractivity contribution < 1.29 is 0 Å². The Morgan fingerprint density at radius 3 is 2.33 bits per heavy atom. The zero-order chi connectivity index (χ0) is 9.19. The van der Waals surface area contributed by atoms with Crippen LogP contribution in [0.3, 0.4) is 0 Å². The molecule has 0 N–H and O–H groups in total. The lowest BCUT2D eigenvalue weighted by Gasteiger charge is -2.02. The maximum atomic E-state index is 3.36. The minimum Gasteiger partial charge on any atom is -0.151 e. The van der Waals surface area contributed by atoms with Crippen LogP contribution in [0, 0.1) is 18.4 Å². The third kappa shape index (κ3) is 2.84. The molecule has 0 saturated carbocycles. The van der Waals surface area contributed by atoms with Crippen LogP contribution in [0.15, 0.2) is 10.8 Å². The summed E-state index contributed by atoms with van der Waals surface area (Å²) >= 11 is 1.73. The van der Waals surface area contributed by atoms with Gasteiger partial charge < -0.3 is 0 Å². The van der Waals surface area contributed by atoms with Gasteiger partial charge in [0, 0.05) is 10.9 Å². The summed E-state index contributed by atoms with van der Waals surface area (Å²) < 4.78 is 0. The Balaban J connectivity index is 2.87. The zero-order valence-electron chi connectivity index (χ0n) is 8.06. The Morgan fingerprint density at radius 1 is 1.25 bits per heavy atom. The van der Waals surface area contributed by atoms with Crippen molar-refractivity contribution in [2.24, 2.45) is 0 Å². The van der Waals surface area contributed by atoms with Gasteiger partial charge in [0.25, 0.3) is 0 Å². The van der Waals surface area contributed by atoms with Gasteiger partial charge in [0.15, 0.2) is 0 Å². The van der Waals surface area contributed by atoms with E-state index in [1.165, 1.54) is 11.1 Å². The van der Waals surface area contributed by atoms with Gasteiger partial charge in [0.05, 0.1) is 0 Å². The normalized spacial score (nSPS) is 10.7. The predicted molar refractivity (Wildman–Crippen MR) is 59.3 cm³/mol. The van der Waals surface area contributed by atoms with Crippen molar-refractivity contribution in [2.75, 3.05) is 0 Å². The minimum atomic E-state index is -1.19. The summed E-state index contributed by atoms with van der Waals surface area (Å²) in [5.41, 5.74) is 5.88. The Labute approximate surface area is 79.6 Å². The summed E-state index contributed by atoms with van der Waals surface area (Å²) in [4.78, 5) is 0. The van der Waals surface area contributed by atoms with E-state index in [2.05, 4.69) is 48.8 Å². The van der Waals surface area contributed by atoms with Crippen LogP contribution in [0.25, 0.3) is 0 Å². The van der Waals surface area contributed by atoms with Crippen LogP contribution in [-0.2, 0) is 0 Å². The highest BCUT2D eigenvalue weighted by molar-refractivity contribution is 7.08. The van der Waals surface area contributed by atoms with E-state index in [0.29, 0.717) is 0 Å². The van der Waals surface area contributed by atoms with Crippen LogP contribution in [0.2, 0.25) is 19.6 Å². The number of aryl methyl sites for hydroxylation is 1. The first-order valence-corrected chi connectivity index (χ1v) is 8.49. The van der Waals surface area contributed by atoms with Crippen molar-refractivity contribution in [1.82, 2.24) is 0 Å². The van der Waals surface area contributed by atoms with Gasteiger partial charge in [-0.05, 0) is 17.9 Å². The standard InChI is InChI=1S/C10H14SSi/c1-9-7-11-8-10(9)5-6-12(2,3)4/h7-8H,1-4H3. The van der Waals surface area contributed by atoms with Gasteiger partial charge in [-0.3, -0.25) is 0 Å². The van der Waals surface area contributed by atoms with E-state index < -0.39 is 8.07 Å². The predicted octanol–water partition coefficient (Wildman–Crippen LogP) is 3.29. The van der Waals surface area contributed by atoms with Gasteiger partial charge in [0.1, 0.15) is 8.07 Å². The zero-order valence-corrected chi connectivity index (χ0v) is 9.88. The maximum absolute atomic E-state index is 3.36. The Hall–Kier alpha value is -0.523. The third-order valence-electron chi connectivity index (χ3n) is 1.43. The molecule has 0 unspecified atom stereocenters. The largest absolute Gasteiger partial charge is 0.151 e. The summed E-state index contributed by atoms with van der Waals surface area (Å²) in [5, 5.41) is 4.27. The molecule has 0 spiro atoms. The van der Waals surface area contributed by atoms with E-state index in [4.69, 9.17) is 0 Å². The summed E-state index contributed by atoms with van der Waals surface area (Å²) in [6.45, 7) is 8.91. The van der Waals surface area contributed by atoms with Gasteiger partial charge in [-0.1, -0.05) is 25.6 Å². The van der Waals surface area contributed by atoms with E-state index in [1.807, 2.05) is 0 Å². The van der Waals surface area contributed by atoms with Crippen molar-refractivity contribution in [1.29, 1.82) is 0 Å². The Morgan fingerprint density at radius 2 is 1.92 bits per heavy atom. The van der Waals surface area contributed by atoms with Gasteiger partial charge in [-0.2, -0.15) is 11.3 Å². The average Bonchev–Trinajstić information content (AvgIpc) is 2.29. The molecule has 64 valence electrons. The van der Waals surface area contributed by atoms with Crippen LogP contribution in [0.1, 0.15) is 11.1 Å². The smallest absolute Gasteiger partial charge is 0.129 e. The van der Waals surface area contributed by atoms with Gasteiger partial charge in [0.2, 0.25) is 0 Å². The molecule has 0 amide bonds. The van der Waals surface area contributed by atoms with Crippen LogP contribution < -0.4 is 0 Å². The van der Waals surface area contributed by atoms with Crippen molar-refractivity contribution in [3.05, 3.63) is 21.9 Å². The lowest BCUT2D eigenvalue weighted by molar-refractivity contribution is 1.52. The van der Waals surface area contributed by atoms with Crippen LogP contribution >= 0.6 is 11.3 Å². The molecular formula is C10H14SSi. The van der Waals surface area contributed by atoms with E-state index in [1.54, 1.807) is 11.3 Å². The molecule has 0 saturated heterocycles. The van der Waals surface area contributed by atoms with Crippen molar-refractivity contribution in [2.45, 2.75) is 26.6 Å². The molecule has 0 atom stereocenters. The molecule has 1 heterocycles. The quantitative estimate of drug-likeness (QED) is 0.439. The summed E-state index contributed by atoms with van der Waals surface area (Å²) in [5.74, 6) is 3.26. The van der Waals surface area contributed by atoms with Crippen molar-refractivity contribution in [3.8, 4) is 11.5 Å². The molecule has 0 radical (unpaired) electrons. The molecule has 0 aliphatic heterocycles. The van der Waals surface area contributed by atoms with E-state index in [0.717, 1.165) is 0 Å². The summed E-state index contributed by atoms with van der Waals surface area (Å²) in [6.07, 6.45) is 0. The van der Waals surface area contributed by atoms with E-state index >= 15 is 0 Å². The van der Waals surface area contributed by atoms with Gasteiger partial charge in [-0.25, -0.2) is 0 Å². The second-order valence-electron chi connectivity index (χ2n) is 3.97. The average molecular weight is 194 g/mol. The third-order valence-corrected chi connectivity index (χ3v) is 3.16. The lowest BCUT2D eigenvalue weighted by atomic mass is 10.2. The molecule has 0 fully saturated rings. The minimum absolute atomic E-state index is 1.19. The molecule has 12 heavy (non-hydrogen) atoms. The first-order valence-electron chi connectivity index (χ1n) is 4.05. The van der Waals surface area contributed by atoms with Gasteiger partial charge in [-0.15, -0.1) is 5.54 Å². The number of rotatable bonds is 0. The fraction of sp³-hybridized carbons (Fsp3) is 0.400. The highest BCUT2D eigenvalue weighted by Gasteiger charge is 2.07. The number of hydrogen-bond donors (Lipinski definition) is 0. The lowest BCUT2D eigenvalue weighted by Crippen LogP contribution is -2.16. The summed E-state index contributed by atoms with van der Waals surface area (Å²) in [7, 11) is -1.19. The van der Waals surface area contributed by atoms with Crippen LogP contribution in [0.4, 0.5) is 0 Å². The Kier molecular flexibility index (Phi) is 2.76. The second kappa shape index (κ2) is 3.47. The SMILES string of the molecule is Cc1cscc1C#C[Si](C)(C)C. The molecule has 1 aromatic rings. The molecule has 0 aromatic carbocycles. The van der Waals surface area contributed by atoms with Crippen LogP contribution in [0.5, 0.6) is 0 Å². The first-order chi connectivity index (χ1) is 5.49. The molecule has 1 rings (SSSR count). The molecule has 1 aromatic heterocycles. The molecule has 2 heteroatoms. The summed E-state index contributed by atoms with van der Waals surface area (Å²) in [6, 6.07) is 0. The fourth-order valence-corrected chi connectivity index (χ4v) is 2.03. The molecule has 0 bridgehead atoms. The van der Waals surface area contributed by atoms with Crippen molar-refractivity contribution >= 4 is 19.4 Å². The molecular weight excluding hydrogens is 180 g/mol. The second-order valence-corrected chi connectivity index (χ2v) is 9.46. The van der Waals surface area contributed by atoms with Crippen LogP contribution in [-0.4, -0.2) is 8.07 Å². The maximum Gasteiger partial charge on any atom is 0.129 e. The fourth-order valence-electron chi connectivity index (χ4n) is 0.743. The Bertz CT molecular complexity index is 320. The molecule has 0 aliphatic rings. The first kappa shape index (κ1) is 9.56. The highest BCUT2D eigenvalue weighted by Crippen LogP contribution is 2.12. The highest BCUT2D eigenvalue weighted by atomic mass is 32.1. The van der Waals surface area contributed by atoms with Gasteiger partial charge >= 0.3 is 0 Å². The number of hydrogen-bond acceptors (Lipinski definition) is 1. The van der Waals surface area contributed by atoms with E-state index in [-0.39, 0.29) is 0 Å².